The lowest BCUT2D eigenvalue weighted by Crippen LogP contribution is -2.25. The molecule has 1 aromatic carbocycles. The number of hydrogen-bond donors (Lipinski definition) is 1. The van der Waals surface area contributed by atoms with E-state index in [9.17, 15) is 4.39 Å². The molecule has 1 fully saturated rings. The van der Waals surface area contributed by atoms with Crippen molar-refractivity contribution in [1.29, 1.82) is 0 Å². The van der Waals surface area contributed by atoms with Crippen molar-refractivity contribution in [1.82, 2.24) is 19.9 Å². The second-order valence-corrected chi connectivity index (χ2v) is 7.21. The number of nitrogens with one attached hydrogen (secondary N) is 1. The lowest BCUT2D eigenvalue weighted by atomic mass is 10.0. The van der Waals surface area contributed by atoms with Gasteiger partial charge in [-0.3, -0.25) is 0 Å². The highest BCUT2D eigenvalue weighted by atomic mass is 19.1. The molecule has 2 aliphatic heterocycles. The summed E-state index contributed by atoms with van der Waals surface area (Å²) in [4.78, 5) is 6.80. The molecule has 138 valence electrons. The fourth-order valence-corrected chi connectivity index (χ4v) is 4.18. The molecule has 0 radical (unpaired) electrons. The van der Waals surface area contributed by atoms with Crippen LogP contribution in [0.15, 0.2) is 48.7 Å². The molecule has 2 aromatic heterocycles. The Morgan fingerprint density at radius 1 is 1.19 bits per heavy atom. The van der Waals surface area contributed by atoms with Crippen molar-refractivity contribution < 1.29 is 4.39 Å². The molecular weight excluding hydrogens is 341 g/mol. The summed E-state index contributed by atoms with van der Waals surface area (Å²) in [7, 11) is 0. The zero-order valence-corrected chi connectivity index (χ0v) is 15.1. The fraction of sp³-hybridized carbons (Fsp3) is 0.333. The van der Waals surface area contributed by atoms with Gasteiger partial charge in [-0.15, -0.1) is 5.10 Å². The van der Waals surface area contributed by atoms with Gasteiger partial charge in [0.1, 0.15) is 11.6 Å². The molecule has 1 atom stereocenters. The molecule has 2 aliphatic rings. The zero-order valence-electron chi connectivity index (χ0n) is 15.1. The van der Waals surface area contributed by atoms with Crippen LogP contribution in [-0.2, 0) is 0 Å². The Balaban J connectivity index is 1.53. The van der Waals surface area contributed by atoms with Crippen molar-refractivity contribution in [3.8, 4) is 0 Å². The van der Waals surface area contributed by atoms with Crippen molar-refractivity contribution >= 4 is 17.0 Å². The molecule has 0 bridgehead atoms. The Hall–Kier alpha value is -2.73. The number of rotatable bonds is 3. The van der Waals surface area contributed by atoms with Crippen molar-refractivity contribution in [3.05, 3.63) is 65.7 Å². The highest BCUT2D eigenvalue weighted by molar-refractivity contribution is 5.67. The second-order valence-electron chi connectivity index (χ2n) is 7.21. The van der Waals surface area contributed by atoms with Crippen LogP contribution in [0.4, 0.5) is 10.2 Å². The molecule has 5 nitrogen and oxygen atoms in total. The molecule has 0 amide bonds. The van der Waals surface area contributed by atoms with Gasteiger partial charge in [0, 0.05) is 13.1 Å². The van der Waals surface area contributed by atoms with Gasteiger partial charge in [-0.1, -0.05) is 18.2 Å². The Bertz CT molecular complexity index is 1010. The van der Waals surface area contributed by atoms with Crippen molar-refractivity contribution in [2.75, 3.05) is 24.5 Å². The van der Waals surface area contributed by atoms with E-state index in [2.05, 4.69) is 21.3 Å². The molecule has 0 spiro atoms. The molecule has 3 aromatic rings. The molecule has 27 heavy (non-hydrogen) atoms. The number of benzene rings is 1. The number of fused-ring (bicyclic) bond motifs is 1. The third-order valence-electron chi connectivity index (χ3n) is 5.49. The average molecular weight is 363 g/mol. The first kappa shape index (κ1) is 16.4. The Morgan fingerprint density at radius 2 is 2.15 bits per heavy atom. The van der Waals surface area contributed by atoms with E-state index in [-0.39, 0.29) is 11.9 Å². The molecule has 1 N–H and O–H groups in total. The summed E-state index contributed by atoms with van der Waals surface area (Å²) in [5.74, 6) is 0.731. The second kappa shape index (κ2) is 6.78. The van der Waals surface area contributed by atoms with Gasteiger partial charge in [-0.05, 0) is 61.2 Å². The van der Waals surface area contributed by atoms with E-state index in [1.165, 1.54) is 11.6 Å². The number of imidazole rings is 1. The molecule has 1 saturated heterocycles. The summed E-state index contributed by atoms with van der Waals surface area (Å²) in [6, 6.07) is 11.1. The van der Waals surface area contributed by atoms with Gasteiger partial charge < -0.3 is 10.2 Å². The first-order valence-electron chi connectivity index (χ1n) is 9.56. The van der Waals surface area contributed by atoms with Gasteiger partial charge >= 0.3 is 0 Å². The molecule has 1 unspecified atom stereocenters. The molecule has 6 heteroatoms. The van der Waals surface area contributed by atoms with Crippen LogP contribution < -0.4 is 10.2 Å². The van der Waals surface area contributed by atoms with Gasteiger partial charge in [0.2, 0.25) is 0 Å². The van der Waals surface area contributed by atoms with Crippen LogP contribution in [0.5, 0.6) is 0 Å². The topological polar surface area (TPSA) is 45.5 Å². The summed E-state index contributed by atoms with van der Waals surface area (Å²) in [6.45, 7) is 2.78. The number of aromatic nitrogens is 3. The minimum Gasteiger partial charge on any atom is -0.348 e. The Labute approximate surface area is 157 Å². The maximum absolute atomic E-state index is 13.7. The van der Waals surface area contributed by atoms with Crippen molar-refractivity contribution in [2.45, 2.75) is 25.3 Å². The smallest absolute Gasteiger partial charge is 0.154 e. The van der Waals surface area contributed by atoms with Gasteiger partial charge in [-0.2, -0.15) is 0 Å². The van der Waals surface area contributed by atoms with Crippen LogP contribution in [0.25, 0.3) is 11.2 Å². The number of anilines is 1. The lowest BCUT2D eigenvalue weighted by Gasteiger charge is -2.26. The molecule has 0 saturated carbocycles. The monoisotopic (exact) mass is 363 g/mol. The molecular formula is C21H22FN5. The first-order valence-corrected chi connectivity index (χ1v) is 9.56. The fourth-order valence-electron chi connectivity index (χ4n) is 4.18. The summed E-state index contributed by atoms with van der Waals surface area (Å²) < 4.78 is 15.7. The lowest BCUT2D eigenvalue weighted by molar-refractivity contribution is 0.617. The summed E-state index contributed by atoms with van der Waals surface area (Å²) in [6.07, 6.45) is 7.27. The Morgan fingerprint density at radius 3 is 3.00 bits per heavy atom. The third-order valence-corrected chi connectivity index (χ3v) is 5.49. The van der Waals surface area contributed by atoms with Gasteiger partial charge in [0.15, 0.2) is 5.65 Å². The van der Waals surface area contributed by atoms with Crippen molar-refractivity contribution in [2.24, 2.45) is 0 Å². The van der Waals surface area contributed by atoms with Crippen LogP contribution >= 0.6 is 0 Å². The maximum atomic E-state index is 13.7. The van der Waals surface area contributed by atoms with Crippen LogP contribution in [0.1, 0.15) is 36.6 Å². The van der Waals surface area contributed by atoms with E-state index in [1.807, 2.05) is 28.9 Å². The molecule has 4 heterocycles. The van der Waals surface area contributed by atoms with E-state index < -0.39 is 0 Å². The number of halogens is 1. The predicted octanol–water partition coefficient (Wildman–Crippen LogP) is 3.59. The predicted molar refractivity (Wildman–Crippen MR) is 104 cm³/mol. The summed E-state index contributed by atoms with van der Waals surface area (Å²) >= 11 is 0. The molecule has 5 rings (SSSR count). The van der Waals surface area contributed by atoms with E-state index in [1.54, 1.807) is 12.1 Å². The quantitative estimate of drug-likeness (QED) is 0.773. The minimum absolute atomic E-state index is 0.160. The first-order chi connectivity index (χ1) is 13.3. The summed E-state index contributed by atoms with van der Waals surface area (Å²) in [5.41, 5.74) is 4.14. The van der Waals surface area contributed by atoms with Gasteiger partial charge in [-0.25, -0.2) is 13.9 Å². The van der Waals surface area contributed by atoms with Crippen LogP contribution in [0, 0.1) is 5.82 Å². The van der Waals surface area contributed by atoms with Crippen molar-refractivity contribution in [3.63, 3.8) is 0 Å². The summed E-state index contributed by atoms with van der Waals surface area (Å²) in [5, 5.41) is 8.32. The minimum atomic E-state index is -0.184. The molecule has 0 aliphatic carbocycles. The largest absolute Gasteiger partial charge is 0.348 e. The average Bonchev–Trinajstić information content (AvgIpc) is 3.35. The standard InChI is InChI=1S/C21H22FN5/c22-17-6-1-4-15(12-17)18-7-3-11-26(18)21-9-8-20-24-14-19(27(20)25-21)16-5-2-10-23-13-16/h1,4-6,8-9,12,14,18,23H,2-3,7,10-11,13H2. The van der Waals surface area contributed by atoms with E-state index >= 15 is 0 Å². The van der Waals surface area contributed by atoms with Gasteiger partial charge in [0.25, 0.3) is 0 Å². The normalized spacial score (nSPS) is 20.3. The van der Waals surface area contributed by atoms with Crippen LogP contribution in [0.2, 0.25) is 0 Å². The third kappa shape index (κ3) is 3.00. The highest BCUT2D eigenvalue weighted by Gasteiger charge is 2.28. The SMILES string of the molecule is Fc1cccc(C2CCCN2c2ccc3ncc(C4=CCCNC4)n3n2)c1. The zero-order chi connectivity index (χ0) is 18.2. The Kier molecular flexibility index (Phi) is 4.13. The van der Waals surface area contributed by atoms with E-state index in [0.717, 1.165) is 61.6 Å². The van der Waals surface area contributed by atoms with Crippen LogP contribution in [0.3, 0.4) is 0 Å². The highest BCUT2D eigenvalue weighted by Crippen LogP contribution is 2.35. The number of hydrogen-bond acceptors (Lipinski definition) is 4. The van der Waals surface area contributed by atoms with E-state index in [0.29, 0.717) is 0 Å². The van der Waals surface area contributed by atoms with Crippen LogP contribution in [-0.4, -0.2) is 34.2 Å². The number of nitrogens with zero attached hydrogens (tertiary/aromatic N) is 4. The van der Waals surface area contributed by atoms with E-state index in [4.69, 9.17) is 5.10 Å². The van der Waals surface area contributed by atoms with Gasteiger partial charge in [0.05, 0.1) is 17.9 Å². The maximum Gasteiger partial charge on any atom is 0.154 e.